The first-order valence-electron chi connectivity index (χ1n) is 7.44. The number of aromatic nitrogens is 3. The summed E-state index contributed by atoms with van der Waals surface area (Å²) in [5.74, 6) is 0. The SMILES string of the molecule is CP(=O)(O)C(F)(Cc1cncc(-c2cccc3[nH]ncc23)c1)P(=O)(O)O. The van der Waals surface area contributed by atoms with Crippen LogP contribution < -0.4 is 0 Å². The van der Waals surface area contributed by atoms with Gasteiger partial charge in [0, 0.05) is 36.4 Å². The largest absolute Gasteiger partial charge is 0.372 e. The van der Waals surface area contributed by atoms with Crippen molar-refractivity contribution >= 4 is 25.9 Å². The van der Waals surface area contributed by atoms with E-state index < -0.39 is 26.5 Å². The Bertz CT molecular complexity index is 1040. The third-order valence-electron chi connectivity index (χ3n) is 4.10. The lowest BCUT2D eigenvalue weighted by Gasteiger charge is -2.28. The number of aromatic amines is 1. The van der Waals surface area contributed by atoms with E-state index in [4.69, 9.17) is 0 Å². The standard InChI is InChI=1S/C15H16FN3O5P2/c1-25(20,21)15(16,26(22,23)24)6-10-5-11(8-17-7-10)12-3-2-4-14-13(12)9-18-19-14/h2-5,7-9H,6H2,1H3,(H,18,19)(H,20,21)(H2,22,23,24). The van der Waals surface area contributed by atoms with Gasteiger partial charge >= 0.3 is 7.60 Å². The molecule has 0 amide bonds. The molecule has 2 heterocycles. The summed E-state index contributed by atoms with van der Waals surface area (Å²) in [7, 11) is -10.3. The number of benzene rings is 1. The number of fused-ring (bicyclic) bond motifs is 1. The van der Waals surface area contributed by atoms with E-state index in [2.05, 4.69) is 15.2 Å². The summed E-state index contributed by atoms with van der Waals surface area (Å²) in [5.41, 5.74) is 2.16. The van der Waals surface area contributed by atoms with E-state index in [-0.39, 0.29) is 5.56 Å². The molecule has 1 aromatic carbocycles. The molecule has 2 aromatic heterocycles. The van der Waals surface area contributed by atoms with Gasteiger partial charge in [-0.25, -0.2) is 4.39 Å². The van der Waals surface area contributed by atoms with Crippen LogP contribution in [0.5, 0.6) is 0 Å². The summed E-state index contributed by atoms with van der Waals surface area (Å²) < 4.78 is 38.3. The van der Waals surface area contributed by atoms with Crippen molar-refractivity contribution < 1.29 is 28.2 Å². The number of rotatable bonds is 5. The number of alkyl halides is 1. The highest BCUT2D eigenvalue weighted by Crippen LogP contribution is 2.71. The second-order valence-corrected chi connectivity index (χ2v) is 10.7. The van der Waals surface area contributed by atoms with Gasteiger partial charge in [-0.1, -0.05) is 12.1 Å². The number of nitrogens with one attached hydrogen (secondary N) is 1. The first-order valence-corrected chi connectivity index (χ1v) is 11.2. The van der Waals surface area contributed by atoms with Crippen LogP contribution in [0, 0.1) is 0 Å². The van der Waals surface area contributed by atoms with Crippen LogP contribution in [0.3, 0.4) is 0 Å². The average Bonchev–Trinajstić information content (AvgIpc) is 3.01. The molecule has 11 heteroatoms. The normalized spacial score (nSPS) is 17.0. The molecule has 0 aliphatic carbocycles. The quantitative estimate of drug-likeness (QED) is 0.484. The van der Waals surface area contributed by atoms with Crippen molar-refractivity contribution in [1.29, 1.82) is 0 Å². The van der Waals surface area contributed by atoms with Crippen LogP contribution in [-0.2, 0) is 15.6 Å². The third kappa shape index (κ3) is 3.24. The van der Waals surface area contributed by atoms with Crippen molar-refractivity contribution in [3.05, 3.63) is 48.4 Å². The van der Waals surface area contributed by atoms with Crippen LogP contribution in [0.1, 0.15) is 5.56 Å². The molecule has 8 nitrogen and oxygen atoms in total. The first-order chi connectivity index (χ1) is 12.0. The maximum Gasteiger partial charge on any atom is 0.372 e. The zero-order valence-corrected chi connectivity index (χ0v) is 15.4. The van der Waals surface area contributed by atoms with Crippen LogP contribution >= 0.6 is 15.0 Å². The molecule has 0 bridgehead atoms. The minimum atomic E-state index is -5.51. The van der Waals surface area contributed by atoms with Crippen molar-refractivity contribution in [2.45, 2.75) is 11.6 Å². The summed E-state index contributed by atoms with van der Waals surface area (Å²) in [5, 5.41) is 3.98. The van der Waals surface area contributed by atoms with Gasteiger partial charge < -0.3 is 14.7 Å². The maximum absolute atomic E-state index is 14.9. The van der Waals surface area contributed by atoms with E-state index in [1.165, 1.54) is 18.5 Å². The Hall–Kier alpha value is -1.89. The zero-order valence-electron chi connectivity index (χ0n) is 13.6. The van der Waals surface area contributed by atoms with Gasteiger partial charge in [0.1, 0.15) is 0 Å². The van der Waals surface area contributed by atoms with E-state index in [1.54, 1.807) is 18.3 Å². The van der Waals surface area contributed by atoms with Gasteiger partial charge in [-0.15, -0.1) is 0 Å². The highest BCUT2D eigenvalue weighted by Gasteiger charge is 2.59. The lowest BCUT2D eigenvalue weighted by molar-refractivity contribution is 0.251. The summed E-state index contributed by atoms with van der Waals surface area (Å²) in [6.07, 6.45) is 3.38. The van der Waals surface area contributed by atoms with Gasteiger partial charge in [0.05, 0.1) is 11.7 Å². The van der Waals surface area contributed by atoms with Gasteiger partial charge in [0.15, 0.2) is 0 Å². The summed E-state index contributed by atoms with van der Waals surface area (Å²) in [4.78, 5) is 32.2. The third-order valence-corrected chi connectivity index (χ3v) is 8.48. The molecule has 0 spiro atoms. The molecule has 3 aromatic rings. The van der Waals surface area contributed by atoms with Crippen molar-refractivity contribution in [2.75, 3.05) is 6.66 Å². The molecule has 2 unspecified atom stereocenters. The molecule has 138 valence electrons. The fourth-order valence-electron chi connectivity index (χ4n) is 2.70. The highest BCUT2D eigenvalue weighted by molar-refractivity contribution is 7.74. The number of hydrogen-bond acceptors (Lipinski definition) is 4. The molecule has 0 radical (unpaired) electrons. The van der Waals surface area contributed by atoms with Gasteiger partial charge in [0.25, 0.3) is 5.15 Å². The molecule has 3 rings (SSSR count). The minimum Gasteiger partial charge on any atom is -0.342 e. The number of pyridine rings is 1. The van der Waals surface area contributed by atoms with Crippen molar-refractivity contribution in [1.82, 2.24) is 15.2 Å². The molecule has 0 fully saturated rings. The Morgan fingerprint density at radius 2 is 1.92 bits per heavy atom. The summed E-state index contributed by atoms with van der Waals surface area (Å²) in [6, 6.07) is 6.88. The van der Waals surface area contributed by atoms with Crippen LogP contribution in [0.2, 0.25) is 0 Å². The smallest absolute Gasteiger partial charge is 0.342 e. The number of H-pyrrole nitrogens is 1. The van der Waals surface area contributed by atoms with Crippen LogP contribution in [0.25, 0.3) is 22.0 Å². The second kappa shape index (κ2) is 6.37. The van der Waals surface area contributed by atoms with Crippen LogP contribution in [0.4, 0.5) is 4.39 Å². The molecule has 0 saturated carbocycles. The fourth-order valence-corrected chi connectivity index (χ4v) is 5.50. The Morgan fingerprint density at radius 1 is 1.19 bits per heavy atom. The average molecular weight is 399 g/mol. The Labute approximate surface area is 147 Å². The molecule has 0 aliphatic heterocycles. The van der Waals surface area contributed by atoms with Crippen molar-refractivity contribution in [3.8, 4) is 11.1 Å². The second-order valence-electron chi connectivity index (χ2n) is 6.04. The molecule has 0 saturated heterocycles. The molecule has 26 heavy (non-hydrogen) atoms. The van der Waals surface area contributed by atoms with Crippen molar-refractivity contribution in [2.24, 2.45) is 0 Å². The maximum atomic E-state index is 14.9. The minimum absolute atomic E-state index is 0.0879. The zero-order chi connectivity index (χ0) is 19.2. The Morgan fingerprint density at radius 3 is 2.58 bits per heavy atom. The van der Waals surface area contributed by atoms with E-state index in [1.807, 2.05) is 6.07 Å². The predicted octanol–water partition coefficient (Wildman–Crippen LogP) is 2.87. The molecule has 4 N–H and O–H groups in total. The van der Waals surface area contributed by atoms with Gasteiger partial charge in [0.2, 0.25) is 7.37 Å². The predicted molar refractivity (Wildman–Crippen MR) is 94.7 cm³/mol. The fraction of sp³-hybridized carbons (Fsp3) is 0.200. The van der Waals surface area contributed by atoms with Gasteiger partial charge in [-0.2, -0.15) is 5.10 Å². The Balaban J connectivity index is 2.07. The lowest BCUT2D eigenvalue weighted by Crippen LogP contribution is -2.26. The molecular formula is C15H16FN3O5P2. The van der Waals surface area contributed by atoms with E-state index in [9.17, 15) is 28.2 Å². The topological polar surface area (TPSA) is 136 Å². The number of hydrogen-bond donors (Lipinski definition) is 4. The van der Waals surface area contributed by atoms with E-state index in [0.29, 0.717) is 12.2 Å². The molecule has 0 aliphatic rings. The van der Waals surface area contributed by atoms with E-state index >= 15 is 0 Å². The highest BCUT2D eigenvalue weighted by atomic mass is 31.2. The number of halogens is 1. The van der Waals surface area contributed by atoms with Gasteiger partial charge in [-0.3, -0.25) is 19.2 Å². The van der Waals surface area contributed by atoms with Gasteiger partial charge in [-0.05, 0) is 23.3 Å². The first kappa shape index (κ1) is 18.9. The number of nitrogens with zero attached hydrogens (tertiary/aromatic N) is 2. The Kier molecular flexibility index (Phi) is 4.63. The molecule has 2 atom stereocenters. The summed E-state index contributed by atoms with van der Waals surface area (Å²) in [6.45, 7) is 0.593. The van der Waals surface area contributed by atoms with Crippen LogP contribution in [-0.4, -0.2) is 41.7 Å². The summed E-state index contributed by atoms with van der Waals surface area (Å²) >= 11 is 0. The van der Waals surface area contributed by atoms with Crippen molar-refractivity contribution in [3.63, 3.8) is 0 Å². The lowest BCUT2D eigenvalue weighted by atomic mass is 10.0. The molecular weight excluding hydrogens is 383 g/mol. The van der Waals surface area contributed by atoms with E-state index in [0.717, 1.165) is 16.5 Å². The van der Waals surface area contributed by atoms with Crippen LogP contribution in [0.15, 0.2) is 42.9 Å². The monoisotopic (exact) mass is 399 g/mol.